The van der Waals surface area contributed by atoms with Crippen LogP contribution in [0.2, 0.25) is 0 Å². The van der Waals surface area contributed by atoms with E-state index >= 15 is 0 Å². The number of nitrogen functional groups attached to an aromatic ring is 1. The molecular formula is C6H6ClFN4O2S. The van der Waals surface area contributed by atoms with Gasteiger partial charge in [0.15, 0.2) is 23.7 Å². The summed E-state index contributed by atoms with van der Waals surface area (Å²) < 4.78 is 16.8. The van der Waals surface area contributed by atoms with Crippen LogP contribution in [0.25, 0.3) is 0 Å². The molecule has 0 amide bonds. The van der Waals surface area contributed by atoms with Gasteiger partial charge in [-0.2, -0.15) is 4.37 Å². The molecule has 1 aromatic heterocycles. The Morgan fingerprint density at radius 2 is 2.60 bits per heavy atom. The van der Waals surface area contributed by atoms with Crippen molar-refractivity contribution in [1.29, 1.82) is 0 Å². The number of alkyl halides is 1. The Labute approximate surface area is 93.0 Å². The number of carbonyl (C=O) groups excluding carboxylic acids is 1. The van der Waals surface area contributed by atoms with Gasteiger partial charge in [0.2, 0.25) is 0 Å². The summed E-state index contributed by atoms with van der Waals surface area (Å²) in [5, 5.41) is 2.48. The van der Waals surface area contributed by atoms with Gasteiger partial charge in [-0.25, -0.2) is 9.37 Å². The van der Waals surface area contributed by atoms with Crippen molar-refractivity contribution in [3.8, 4) is 0 Å². The summed E-state index contributed by atoms with van der Waals surface area (Å²) in [4.78, 5) is 18.2. The van der Waals surface area contributed by atoms with Crippen LogP contribution in [0, 0.1) is 0 Å². The van der Waals surface area contributed by atoms with Crippen molar-refractivity contribution in [3.63, 3.8) is 0 Å². The van der Waals surface area contributed by atoms with Crippen LogP contribution in [0.1, 0.15) is 12.0 Å². The fourth-order valence-corrected chi connectivity index (χ4v) is 1.15. The Balaban J connectivity index is 2.36. The molecule has 1 unspecified atom stereocenters. The van der Waals surface area contributed by atoms with Crippen LogP contribution in [0.15, 0.2) is 5.16 Å². The highest BCUT2D eigenvalue weighted by Gasteiger charge is 2.15. The number of nitrogens with zero attached hydrogens (tertiary/aromatic N) is 3. The van der Waals surface area contributed by atoms with E-state index in [9.17, 15) is 9.18 Å². The maximum absolute atomic E-state index is 13.2. The lowest BCUT2D eigenvalue weighted by Crippen LogP contribution is -2.03. The molecule has 0 saturated heterocycles. The van der Waals surface area contributed by atoms with Crippen molar-refractivity contribution in [2.45, 2.75) is 6.17 Å². The van der Waals surface area contributed by atoms with Gasteiger partial charge in [0.05, 0.1) is 0 Å². The number of rotatable bonds is 5. The molecule has 0 saturated carbocycles. The van der Waals surface area contributed by atoms with E-state index in [2.05, 4.69) is 19.4 Å². The Hall–Kier alpha value is -1.28. The second kappa shape index (κ2) is 5.56. The van der Waals surface area contributed by atoms with Crippen LogP contribution in [-0.2, 0) is 9.63 Å². The fourth-order valence-electron chi connectivity index (χ4n) is 0.636. The normalized spacial score (nSPS) is 12.9. The number of hydrogen-bond donors (Lipinski definition) is 1. The minimum absolute atomic E-state index is 0.0649. The first kappa shape index (κ1) is 11.8. The molecule has 1 aromatic rings. The average Bonchev–Trinajstić information content (AvgIpc) is 2.59. The van der Waals surface area contributed by atoms with Gasteiger partial charge >= 0.3 is 0 Å². The number of oxime groups is 1. The van der Waals surface area contributed by atoms with Gasteiger partial charge < -0.3 is 10.6 Å². The van der Waals surface area contributed by atoms with Crippen molar-refractivity contribution in [2.24, 2.45) is 5.16 Å². The summed E-state index contributed by atoms with van der Waals surface area (Å²) in [6, 6.07) is 0. The minimum Gasteiger partial charge on any atom is -0.392 e. The summed E-state index contributed by atoms with van der Waals surface area (Å²) >= 11 is 5.80. The molecule has 0 spiro atoms. The molecule has 1 atom stereocenters. The predicted octanol–water partition coefficient (Wildman–Crippen LogP) is 0.899. The van der Waals surface area contributed by atoms with Crippen LogP contribution in [-0.4, -0.2) is 27.4 Å². The lowest BCUT2D eigenvalue weighted by molar-refractivity contribution is -0.106. The molecule has 0 aliphatic heterocycles. The van der Waals surface area contributed by atoms with Crippen LogP contribution < -0.4 is 5.73 Å². The quantitative estimate of drug-likeness (QED) is 0.478. The number of aromatic nitrogens is 2. The third-order valence-corrected chi connectivity index (χ3v) is 1.84. The molecular weight excluding hydrogens is 247 g/mol. The van der Waals surface area contributed by atoms with Gasteiger partial charge in [-0.05, 0) is 11.6 Å². The zero-order valence-corrected chi connectivity index (χ0v) is 8.83. The Morgan fingerprint density at radius 1 is 1.87 bits per heavy atom. The summed E-state index contributed by atoms with van der Waals surface area (Å²) in [6.45, 7) is -0.406. The number of carbonyl (C=O) groups is 1. The van der Waals surface area contributed by atoms with Crippen LogP contribution in [0.4, 0.5) is 9.52 Å². The summed E-state index contributed by atoms with van der Waals surface area (Å²) in [6.07, 6.45) is -0.821. The Morgan fingerprint density at radius 3 is 3.13 bits per heavy atom. The SMILES string of the molecule is Nc1nc(C(F)CO/N=C\C(=O)Cl)ns1. The van der Waals surface area contributed by atoms with Gasteiger partial charge in [-0.1, -0.05) is 5.16 Å². The van der Waals surface area contributed by atoms with E-state index in [1.807, 2.05) is 0 Å². The van der Waals surface area contributed by atoms with Gasteiger partial charge in [0.25, 0.3) is 5.24 Å². The molecule has 0 radical (unpaired) electrons. The smallest absolute Gasteiger partial charge is 0.266 e. The fraction of sp³-hybridized carbons (Fsp3) is 0.333. The average molecular weight is 253 g/mol. The predicted molar refractivity (Wildman–Crippen MR) is 53.5 cm³/mol. The third-order valence-electron chi connectivity index (χ3n) is 1.19. The highest BCUT2D eigenvalue weighted by molar-refractivity contribution is 7.09. The Kier molecular flexibility index (Phi) is 4.37. The second-order valence-electron chi connectivity index (χ2n) is 2.29. The maximum Gasteiger partial charge on any atom is 0.266 e. The van der Waals surface area contributed by atoms with Gasteiger partial charge in [0, 0.05) is 11.5 Å². The zero-order valence-electron chi connectivity index (χ0n) is 7.26. The lowest BCUT2D eigenvalue weighted by atomic mass is 10.4. The summed E-state index contributed by atoms with van der Waals surface area (Å²) in [5.74, 6) is -0.0649. The van der Waals surface area contributed by atoms with Crippen LogP contribution in [0.5, 0.6) is 0 Å². The molecule has 0 aromatic carbocycles. The molecule has 9 heteroatoms. The standard InChI is InChI=1S/C6H6ClFN4O2S/c7-4(13)1-10-14-2-3(8)5-11-6(9)15-12-5/h1,3H,2H2,(H2,9,11,12)/b10-1-. The maximum atomic E-state index is 13.2. The summed E-state index contributed by atoms with van der Waals surface area (Å²) in [7, 11) is 0. The monoisotopic (exact) mass is 252 g/mol. The van der Waals surface area contributed by atoms with Crippen molar-refractivity contribution in [2.75, 3.05) is 12.3 Å². The van der Waals surface area contributed by atoms with Crippen molar-refractivity contribution < 1.29 is 14.0 Å². The Bertz CT molecular complexity index is 372. The minimum atomic E-state index is -1.54. The topological polar surface area (TPSA) is 90.5 Å². The molecule has 2 N–H and O–H groups in total. The number of anilines is 1. The molecule has 6 nitrogen and oxygen atoms in total. The van der Waals surface area contributed by atoms with Crippen LogP contribution >= 0.6 is 23.1 Å². The van der Waals surface area contributed by atoms with Gasteiger partial charge in [0.1, 0.15) is 6.21 Å². The molecule has 0 fully saturated rings. The van der Waals surface area contributed by atoms with E-state index in [1.165, 1.54) is 0 Å². The molecule has 15 heavy (non-hydrogen) atoms. The first-order valence-corrected chi connectivity index (χ1v) is 4.82. The van der Waals surface area contributed by atoms with Gasteiger partial charge in [-0.3, -0.25) is 4.79 Å². The molecule has 0 aliphatic carbocycles. The van der Waals surface area contributed by atoms with Crippen molar-refractivity contribution >= 4 is 39.7 Å². The number of halogens is 2. The zero-order chi connectivity index (χ0) is 11.3. The van der Waals surface area contributed by atoms with Crippen molar-refractivity contribution in [1.82, 2.24) is 9.36 Å². The molecule has 0 aliphatic rings. The van der Waals surface area contributed by atoms with E-state index in [0.29, 0.717) is 0 Å². The van der Waals surface area contributed by atoms with E-state index in [0.717, 1.165) is 17.7 Å². The first-order chi connectivity index (χ1) is 7.09. The number of hydrogen-bond acceptors (Lipinski definition) is 7. The lowest BCUT2D eigenvalue weighted by Gasteiger charge is -2.00. The number of nitrogens with two attached hydrogens (primary N) is 1. The van der Waals surface area contributed by atoms with E-state index in [-0.39, 0.29) is 11.0 Å². The molecule has 0 bridgehead atoms. The van der Waals surface area contributed by atoms with Gasteiger partial charge in [-0.15, -0.1) is 0 Å². The van der Waals surface area contributed by atoms with E-state index in [4.69, 9.17) is 17.3 Å². The second-order valence-corrected chi connectivity index (χ2v) is 3.45. The molecule has 1 rings (SSSR count). The molecule has 82 valence electrons. The molecule has 1 heterocycles. The largest absolute Gasteiger partial charge is 0.392 e. The third kappa shape index (κ3) is 4.17. The summed E-state index contributed by atoms with van der Waals surface area (Å²) in [5.41, 5.74) is 5.26. The van der Waals surface area contributed by atoms with E-state index < -0.39 is 18.0 Å². The van der Waals surface area contributed by atoms with Crippen molar-refractivity contribution in [3.05, 3.63) is 5.82 Å². The first-order valence-electron chi connectivity index (χ1n) is 3.67. The highest BCUT2D eigenvalue weighted by Crippen LogP contribution is 2.17. The van der Waals surface area contributed by atoms with E-state index in [1.54, 1.807) is 0 Å². The highest BCUT2D eigenvalue weighted by atomic mass is 35.5. The van der Waals surface area contributed by atoms with Crippen LogP contribution in [0.3, 0.4) is 0 Å².